The van der Waals surface area contributed by atoms with Gasteiger partial charge in [0, 0.05) is 24.5 Å². The van der Waals surface area contributed by atoms with Crippen LogP contribution in [-0.2, 0) is 4.79 Å². The average Bonchev–Trinajstić information content (AvgIpc) is 3.38. The van der Waals surface area contributed by atoms with Gasteiger partial charge in [0.1, 0.15) is 11.0 Å². The summed E-state index contributed by atoms with van der Waals surface area (Å²) in [5.74, 6) is -0.688. The van der Waals surface area contributed by atoms with Gasteiger partial charge >= 0.3 is 0 Å². The highest BCUT2D eigenvalue weighted by atomic mass is 32.1. The fourth-order valence-electron chi connectivity index (χ4n) is 4.83. The van der Waals surface area contributed by atoms with E-state index in [9.17, 15) is 4.79 Å². The van der Waals surface area contributed by atoms with Gasteiger partial charge in [0.15, 0.2) is 5.11 Å². The second kappa shape index (κ2) is 12.1. The summed E-state index contributed by atoms with van der Waals surface area (Å²) in [6.45, 7) is 8.18. The Labute approximate surface area is 239 Å². The first-order valence-electron chi connectivity index (χ1n) is 13.4. The van der Waals surface area contributed by atoms with E-state index >= 15 is 0 Å². The van der Waals surface area contributed by atoms with Crippen LogP contribution in [0.2, 0.25) is 0 Å². The third-order valence-electron chi connectivity index (χ3n) is 6.95. The van der Waals surface area contributed by atoms with Crippen molar-refractivity contribution < 1.29 is 4.79 Å². The maximum atomic E-state index is 13.4. The average molecular weight is 549 g/mol. The number of hydrogen-bond acceptors (Lipinski definition) is 5. The molecule has 0 aliphatic carbocycles. The van der Waals surface area contributed by atoms with Gasteiger partial charge in [-0.25, -0.2) is 0 Å². The second-order valence-electron chi connectivity index (χ2n) is 9.53. The van der Waals surface area contributed by atoms with Crippen molar-refractivity contribution in [3.8, 4) is 5.69 Å². The highest BCUT2D eigenvalue weighted by Gasteiger charge is 2.23. The Bertz CT molecular complexity index is 1570. The molecule has 0 saturated heterocycles. The molecule has 5 rings (SSSR count). The fraction of sp³-hybridized carbons (Fsp3) is 0.188. The molecular weight excluding hydrogens is 516 g/mol. The summed E-state index contributed by atoms with van der Waals surface area (Å²) in [6, 6.07) is 31.5. The number of aromatic nitrogens is 3. The topological polar surface area (TPSA) is 75.1 Å². The summed E-state index contributed by atoms with van der Waals surface area (Å²) in [5.41, 5.74) is 7.05. The number of aryl methyl sites for hydroxylation is 1. The molecule has 4 aromatic carbocycles. The minimum absolute atomic E-state index is 0.201. The van der Waals surface area contributed by atoms with E-state index in [1.807, 2.05) is 91.9 Å². The molecular formula is C32H32N6OS. The highest BCUT2D eigenvalue weighted by Crippen LogP contribution is 2.26. The van der Waals surface area contributed by atoms with Gasteiger partial charge in [0.05, 0.1) is 11.6 Å². The van der Waals surface area contributed by atoms with E-state index in [2.05, 4.69) is 46.6 Å². The number of carbonyl (C=O) groups excluding carboxylic acids is 1. The van der Waals surface area contributed by atoms with E-state index in [0.29, 0.717) is 0 Å². The van der Waals surface area contributed by atoms with Gasteiger partial charge in [-0.1, -0.05) is 60.7 Å². The van der Waals surface area contributed by atoms with E-state index in [1.54, 1.807) is 4.80 Å². The molecule has 0 atom stereocenters. The van der Waals surface area contributed by atoms with Crippen molar-refractivity contribution in [3.05, 3.63) is 114 Å². The Morgan fingerprint density at radius 2 is 1.40 bits per heavy atom. The van der Waals surface area contributed by atoms with Crippen LogP contribution in [-0.4, -0.2) is 39.1 Å². The summed E-state index contributed by atoms with van der Waals surface area (Å²) in [6.07, 6.45) is 0. The first-order chi connectivity index (χ1) is 19.5. The summed E-state index contributed by atoms with van der Waals surface area (Å²) in [5, 5.41) is 15.7. The summed E-state index contributed by atoms with van der Waals surface area (Å²) < 4.78 is 0. The SMILES string of the molecule is CCN(CC)c1ccc(-n2nc3cc(C)c(NC(=S)NC(=O)C(c4ccccc4)c4ccccc4)cc3n2)cc1. The van der Waals surface area contributed by atoms with Crippen molar-refractivity contribution in [3.63, 3.8) is 0 Å². The molecule has 0 bridgehead atoms. The van der Waals surface area contributed by atoms with E-state index < -0.39 is 5.92 Å². The van der Waals surface area contributed by atoms with Crippen LogP contribution in [0.25, 0.3) is 16.7 Å². The highest BCUT2D eigenvalue weighted by molar-refractivity contribution is 7.80. The Morgan fingerprint density at radius 1 is 0.850 bits per heavy atom. The van der Waals surface area contributed by atoms with Crippen molar-refractivity contribution in [2.45, 2.75) is 26.7 Å². The molecule has 2 N–H and O–H groups in total. The normalized spacial score (nSPS) is 11.0. The molecule has 0 spiro atoms. The van der Waals surface area contributed by atoms with Crippen LogP contribution < -0.4 is 15.5 Å². The number of thiocarbonyl (C=S) groups is 1. The minimum Gasteiger partial charge on any atom is -0.372 e. The molecule has 40 heavy (non-hydrogen) atoms. The van der Waals surface area contributed by atoms with Crippen LogP contribution in [0, 0.1) is 6.92 Å². The number of amides is 1. The first-order valence-corrected chi connectivity index (χ1v) is 13.8. The van der Waals surface area contributed by atoms with Crippen molar-refractivity contribution in [1.29, 1.82) is 0 Å². The predicted octanol–water partition coefficient (Wildman–Crippen LogP) is 6.22. The van der Waals surface area contributed by atoms with Crippen molar-refractivity contribution in [1.82, 2.24) is 20.3 Å². The number of hydrogen-bond donors (Lipinski definition) is 2. The van der Waals surface area contributed by atoms with Gasteiger partial charge in [0.2, 0.25) is 5.91 Å². The second-order valence-corrected chi connectivity index (χ2v) is 9.94. The smallest absolute Gasteiger partial charge is 0.238 e. The number of nitrogens with one attached hydrogen (secondary N) is 2. The number of carbonyl (C=O) groups is 1. The fourth-order valence-corrected chi connectivity index (χ4v) is 5.04. The number of nitrogens with zero attached hydrogens (tertiary/aromatic N) is 4. The summed E-state index contributed by atoms with van der Waals surface area (Å²) in [4.78, 5) is 17.4. The van der Waals surface area contributed by atoms with Crippen molar-refractivity contribution >= 4 is 45.6 Å². The molecule has 1 amide bonds. The van der Waals surface area contributed by atoms with Gasteiger partial charge in [0.25, 0.3) is 0 Å². The molecule has 0 saturated carbocycles. The zero-order chi connectivity index (χ0) is 28.1. The van der Waals surface area contributed by atoms with Crippen LogP contribution >= 0.6 is 12.2 Å². The lowest BCUT2D eigenvalue weighted by molar-refractivity contribution is -0.120. The molecule has 0 aliphatic heterocycles. The zero-order valence-corrected chi connectivity index (χ0v) is 23.7. The number of anilines is 2. The Kier molecular flexibility index (Phi) is 8.17. The third kappa shape index (κ3) is 5.87. The molecule has 7 nitrogen and oxygen atoms in total. The Hall–Kier alpha value is -4.56. The maximum Gasteiger partial charge on any atom is 0.238 e. The molecule has 0 aliphatic rings. The van der Waals surface area contributed by atoms with Crippen LogP contribution in [0.3, 0.4) is 0 Å². The van der Waals surface area contributed by atoms with E-state index in [0.717, 1.165) is 52.2 Å². The van der Waals surface area contributed by atoms with Gasteiger partial charge in [-0.2, -0.15) is 4.80 Å². The maximum absolute atomic E-state index is 13.4. The van der Waals surface area contributed by atoms with E-state index in [1.165, 1.54) is 5.69 Å². The number of rotatable bonds is 8. The molecule has 1 heterocycles. The lowest BCUT2D eigenvalue weighted by Crippen LogP contribution is -2.38. The molecule has 202 valence electrons. The minimum atomic E-state index is -0.487. The monoisotopic (exact) mass is 548 g/mol. The largest absolute Gasteiger partial charge is 0.372 e. The lowest BCUT2D eigenvalue weighted by Gasteiger charge is -2.20. The van der Waals surface area contributed by atoms with Crippen molar-refractivity contribution in [2.75, 3.05) is 23.3 Å². The summed E-state index contributed by atoms with van der Waals surface area (Å²) >= 11 is 5.56. The predicted molar refractivity (Wildman–Crippen MR) is 166 cm³/mol. The molecule has 0 fully saturated rings. The molecule has 8 heteroatoms. The van der Waals surface area contributed by atoms with Crippen LogP contribution in [0.4, 0.5) is 11.4 Å². The molecule has 5 aromatic rings. The molecule has 0 radical (unpaired) electrons. The van der Waals surface area contributed by atoms with E-state index in [-0.39, 0.29) is 11.0 Å². The van der Waals surface area contributed by atoms with Gasteiger partial charge in [-0.3, -0.25) is 4.79 Å². The van der Waals surface area contributed by atoms with Crippen LogP contribution in [0.15, 0.2) is 97.1 Å². The quantitative estimate of drug-likeness (QED) is 0.224. The standard InChI is InChI=1S/C32H32N6OS/c1-4-37(5-2)25-16-18-26(19-17-25)38-35-28-20-22(3)27(21-29(28)36-38)33-32(40)34-31(39)30(23-12-8-6-9-13-23)24-14-10-7-11-15-24/h6-21,30H,4-5H2,1-3H3,(H2,33,34,39,40). The van der Waals surface area contributed by atoms with Gasteiger partial charge in [-0.05, 0) is 86.1 Å². The molecule has 0 unspecified atom stereocenters. The van der Waals surface area contributed by atoms with Crippen molar-refractivity contribution in [2.24, 2.45) is 0 Å². The first kappa shape index (κ1) is 27.0. The van der Waals surface area contributed by atoms with E-state index in [4.69, 9.17) is 17.3 Å². The van der Waals surface area contributed by atoms with Crippen LogP contribution in [0.1, 0.15) is 36.5 Å². The van der Waals surface area contributed by atoms with Crippen LogP contribution in [0.5, 0.6) is 0 Å². The summed E-state index contributed by atoms with van der Waals surface area (Å²) in [7, 11) is 0. The Morgan fingerprint density at radius 3 is 1.95 bits per heavy atom. The zero-order valence-electron chi connectivity index (χ0n) is 22.8. The number of fused-ring (bicyclic) bond motifs is 1. The van der Waals surface area contributed by atoms with Gasteiger partial charge in [-0.15, -0.1) is 10.2 Å². The third-order valence-corrected chi connectivity index (χ3v) is 7.15. The number of benzene rings is 4. The lowest BCUT2D eigenvalue weighted by atomic mass is 9.90. The Balaban J connectivity index is 1.33. The van der Waals surface area contributed by atoms with Gasteiger partial charge < -0.3 is 15.5 Å². The molecule has 1 aromatic heterocycles.